The molecule has 0 spiro atoms. The van der Waals surface area contributed by atoms with Crippen molar-refractivity contribution in [3.63, 3.8) is 0 Å². The van der Waals surface area contributed by atoms with Gasteiger partial charge >= 0.3 is 10.1 Å². The molecular formula is C31H31BrN2O11S2. The van der Waals surface area contributed by atoms with Gasteiger partial charge in [-0.2, -0.15) is 8.42 Å². The van der Waals surface area contributed by atoms with Crippen LogP contribution in [-0.4, -0.2) is 67.1 Å². The second kappa shape index (κ2) is 14.6. The van der Waals surface area contributed by atoms with E-state index in [0.717, 1.165) is 0 Å². The molecule has 0 saturated heterocycles. The molecule has 1 unspecified atom stereocenters. The molecule has 250 valence electrons. The molecule has 1 aliphatic heterocycles. The van der Waals surface area contributed by atoms with Crippen molar-refractivity contribution in [2.75, 3.05) is 47.9 Å². The molecule has 2 heterocycles. The molecule has 0 aliphatic carbocycles. The Morgan fingerprint density at radius 1 is 0.872 bits per heavy atom. The van der Waals surface area contributed by atoms with Gasteiger partial charge < -0.3 is 37.0 Å². The van der Waals surface area contributed by atoms with Gasteiger partial charge in [0.1, 0.15) is 27.4 Å². The predicted octanol–water partition coefficient (Wildman–Crippen LogP) is 5.75. The van der Waals surface area contributed by atoms with E-state index >= 15 is 0 Å². The predicted molar refractivity (Wildman–Crippen MR) is 183 cm³/mol. The summed E-state index contributed by atoms with van der Waals surface area (Å²) in [6, 6.07) is 12.8. The summed E-state index contributed by atoms with van der Waals surface area (Å²) in [6.07, 6.45) is 0.390. The smallest absolute Gasteiger partial charge is 0.342 e. The van der Waals surface area contributed by atoms with Crippen molar-refractivity contribution in [1.29, 1.82) is 0 Å². The molecule has 0 bridgehead atoms. The Morgan fingerprint density at radius 3 is 2.21 bits per heavy atom. The molecule has 5 rings (SSSR count). The van der Waals surface area contributed by atoms with Crippen LogP contribution in [-0.2, 0) is 14.3 Å². The molecule has 1 atom stereocenters. The number of ether oxygens (including phenoxy) is 6. The van der Waals surface area contributed by atoms with Gasteiger partial charge in [0.2, 0.25) is 16.9 Å². The summed E-state index contributed by atoms with van der Waals surface area (Å²) in [5.41, 5.74) is 1.71. The zero-order valence-corrected chi connectivity index (χ0v) is 29.2. The van der Waals surface area contributed by atoms with Crippen LogP contribution in [0.3, 0.4) is 0 Å². The van der Waals surface area contributed by atoms with E-state index in [1.807, 2.05) is 0 Å². The zero-order chi connectivity index (χ0) is 33.7. The number of rotatable bonds is 13. The topological polar surface area (TPSA) is 154 Å². The molecule has 0 saturated carbocycles. The normalized spacial score (nSPS) is 14.9. The van der Waals surface area contributed by atoms with Crippen LogP contribution in [0.5, 0.6) is 34.5 Å². The highest BCUT2D eigenvalue weighted by Crippen LogP contribution is 2.44. The molecule has 4 aromatic rings. The molecule has 16 heteroatoms. The molecule has 0 N–H and O–H groups in total. The van der Waals surface area contributed by atoms with Crippen molar-refractivity contribution >= 4 is 58.7 Å². The van der Waals surface area contributed by atoms with Gasteiger partial charge in [-0.05, 0) is 52.4 Å². The van der Waals surface area contributed by atoms with Crippen LogP contribution in [0.4, 0.5) is 0 Å². The monoisotopic (exact) mass is 750 g/mol. The van der Waals surface area contributed by atoms with E-state index in [2.05, 4.69) is 26.1 Å². The lowest BCUT2D eigenvalue weighted by atomic mass is 10.1. The summed E-state index contributed by atoms with van der Waals surface area (Å²) in [5.74, 6) is 2.14. The number of hydrogen-bond donors (Lipinski definition) is 1. The minimum atomic E-state index is -4.15. The number of hydrogen-bond acceptors (Lipinski definition) is 13. The fraction of sp³-hybridized carbons (Fsp3) is 0.258. The molecule has 1 aromatic heterocycles. The molecular weight excluding hydrogens is 720 g/mol. The lowest BCUT2D eigenvalue weighted by Crippen LogP contribution is -2.16. The third kappa shape index (κ3) is 6.99. The van der Waals surface area contributed by atoms with Gasteiger partial charge in [0.15, 0.2) is 17.3 Å². The van der Waals surface area contributed by atoms with E-state index in [-0.39, 0.29) is 45.0 Å². The van der Waals surface area contributed by atoms with Gasteiger partial charge in [0.25, 0.3) is 5.23 Å². The summed E-state index contributed by atoms with van der Waals surface area (Å²) in [6.45, 7) is 0.0586. The van der Waals surface area contributed by atoms with Crippen molar-refractivity contribution in [3.8, 4) is 45.8 Å². The van der Waals surface area contributed by atoms with Crippen LogP contribution in [0.25, 0.3) is 22.3 Å². The lowest BCUT2D eigenvalue weighted by molar-refractivity contribution is 0.309. The highest BCUT2D eigenvalue weighted by molar-refractivity contribution is 9.10. The van der Waals surface area contributed by atoms with Crippen LogP contribution < -0.4 is 33.8 Å². The van der Waals surface area contributed by atoms with Crippen molar-refractivity contribution in [1.82, 2.24) is 0 Å². The number of nitrogens with zero attached hydrogens (tertiary/aromatic N) is 2. The fourth-order valence-electron chi connectivity index (χ4n) is 4.72. The van der Waals surface area contributed by atoms with Crippen LogP contribution >= 0.6 is 26.8 Å². The first kappa shape index (κ1) is 33.9. The minimum Gasteiger partial charge on any atom is -0.496 e. The largest absolute Gasteiger partial charge is 0.496 e. The van der Waals surface area contributed by atoms with Gasteiger partial charge in [-0.15, -0.1) is 21.1 Å². The van der Waals surface area contributed by atoms with E-state index in [1.54, 1.807) is 48.0 Å². The Kier molecular flexibility index (Phi) is 10.5. The third-order valence-corrected chi connectivity index (χ3v) is 11.1. The first-order valence-corrected chi connectivity index (χ1v) is 17.7. The fourth-order valence-corrected chi connectivity index (χ4v) is 8.36. The van der Waals surface area contributed by atoms with E-state index in [1.165, 1.54) is 41.6 Å². The first-order valence-electron chi connectivity index (χ1n) is 13.9. The molecule has 3 aromatic carbocycles. The maximum Gasteiger partial charge on any atom is 0.342 e. The third-order valence-electron chi connectivity index (χ3n) is 6.93. The van der Waals surface area contributed by atoms with Gasteiger partial charge in [0, 0.05) is 22.2 Å². The van der Waals surface area contributed by atoms with E-state index in [4.69, 9.17) is 37.0 Å². The highest BCUT2D eigenvalue weighted by Gasteiger charge is 2.28. The van der Waals surface area contributed by atoms with Crippen molar-refractivity contribution in [2.24, 2.45) is 10.2 Å². The van der Waals surface area contributed by atoms with Crippen molar-refractivity contribution in [3.05, 3.63) is 63.2 Å². The number of halogens is 1. The molecule has 1 aliphatic rings. The van der Waals surface area contributed by atoms with Gasteiger partial charge in [0.05, 0.1) is 47.7 Å². The average Bonchev–Trinajstić information content (AvgIpc) is 3.51. The summed E-state index contributed by atoms with van der Waals surface area (Å²) < 4.78 is 71.4. The van der Waals surface area contributed by atoms with E-state index in [9.17, 15) is 13.2 Å². The minimum absolute atomic E-state index is 0.00207. The SMILES string of the molecule is COc1cc(OC)c2c(=O)c(OCCC[SH]3C=NN=C3OS(=O)(=O)c3ccccc3Br)c(-c3cc(OC)c(OC)c(OC)c3)oc2c1. The maximum atomic E-state index is 14.0. The van der Waals surface area contributed by atoms with Gasteiger partial charge in [-0.1, -0.05) is 12.1 Å². The first-order chi connectivity index (χ1) is 22.6. The summed E-state index contributed by atoms with van der Waals surface area (Å²) in [4.78, 5) is 14.0. The molecule has 47 heavy (non-hydrogen) atoms. The quantitative estimate of drug-likeness (QED) is 0.101. The average molecular weight is 752 g/mol. The summed E-state index contributed by atoms with van der Waals surface area (Å²) in [7, 11) is 1.92. The Hall–Kier alpha value is -4.41. The number of fused-ring (bicyclic) bond motifs is 1. The molecule has 0 fully saturated rings. The van der Waals surface area contributed by atoms with Crippen LogP contribution in [0.2, 0.25) is 0 Å². The Morgan fingerprint density at radius 2 is 1.57 bits per heavy atom. The highest BCUT2D eigenvalue weighted by atomic mass is 79.9. The van der Waals surface area contributed by atoms with Crippen LogP contribution in [0.15, 0.2) is 77.3 Å². The summed E-state index contributed by atoms with van der Waals surface area (Å²) >= 11 is 3.24. The van der Waals surface area contributed by atoms with Gasteiger partial charge in [-0.25, -0.2) is 0 Å². The molecule has 0 radical (unpaired) electrons. The number of methoxy groups -OCH3 is 5. The molecule has 0 amide bonds. The van der Waals surface area contributed by atoms with E-state index in [0.29, 0.717) is 45.2 Å². The second-order valence-electron chi connectivity index (χ2n) is 9.68. The van der Waals surface area contributed by atoms with Crippen molar-refractivity contribution in [2.45, 2.75) is 11.3 Å². The summed E-state index contributed by atoms with van der Waals surface area (Å²) in [5, 5.41) is 7.96. The Bertz CT molecular complexity index is 2010. The Labute approximate surface area is 281 Å². The lowest BCUT2D eigenvalue weighted by Gasteiger charge is -2.17. The van der Waals surface area contributed by atoms with Crippen molar-refractivity contribution < 1.29 is 45.4 Å². The van der Waals surface area contributed by atoms with Gasteiger partial charge in [-0.3, -0.25) is 4.79 Å². The maximum absolute atomic E-state index is 14.0. The molecule has 13 nitrogen and oxygen atoms in total. The number of thiol groups is 1. The second-order valence-corrected chi connectivity index (χ2v) is 14.1. The van der Waals surface area contributed by atoms with Crippen LogP contribution in [0.1, 0.15) is 6.42 Å². The van der Waals surface area contributed by atoms with E-state index < -0.39 is 26.4 Å². The zero-order valence-electron chi connectivity index (χ0n) is 25.9. The number of benzene rings is 3. The van der Waals surface area contributed by atoms with Crippen LogP contribution in [0, 0.1) is 0 Å². The Balaban J connectivity index is 1.44. The standard InChI is InChI=1S/C31H31BrN2O11S2/c1-38-19-15-21(39-2)26-22(16-19)44-28(18-13-23(40-3)29(42-5)24(14-18)41-4)30(27(26)35)43-11-8-12-46-17-33-34-31(46)45-47(36,37)25-10-7-6-9-20(25)32/h6-7,9-10,13-17,46H,8,11-12H2,1-5H3.